The number of carbonyl (C=O) groups is 2. The Morgan fingerprint density at radius 3 is 0.888 bits per heavy atom. The average Bonchev–Trinajstić information content (AvgIpc) is 3.60. The number of esters is 1. The minimum Gasteiger partial charge on any atom is -0.466 e. The molecule has 1 amide bonds. The van der Waals surface area contributed by atoms with Crippen molar-refractivity contribution in [3.8, 4) is 0 Å². The van der Waals surface area contributed by atoms with E-state index in [0.29, 0.717) is 19.4 Å². The Morgan fingerprint density at radius 2 is 0.573 bits per heavy atom. The van der Waals surface area contributed by atoms with Crippen molar-refractivity contribution in [3.63, 3.8) is 0 Å². The molecule has 6 nitrogen and oxygen atoms in total. The molecule has 3 N–H and O–H groups in total. The van der Waals surface area contributed by atoms with E-state index in [4.69, 9.17) is 4.74 Å². The van der Waals surface area contributed by atoms with Crippen LogP contribution >= 0.6 is 0 Å². The monoisotopic (exact) mass is 1250 g/mol. The topological polar surface area (TPSA) is 95.9 Å². The lowest BCUT2D eigenvalue weighted by atomic mass is 10.0. The van der Waals surface area contributed by atoms with E-state index in [2.05, 4.69) is 43.5 Å². The van der Waals surface area contributed by atoms with Crippen molar-refractivity contribution in [2.24, 2.45) is 0 Å². The molecule has 0 rings (SSSR count). The molecule has 0 radical (unpaired) electrons. The Balaban J connectivity index is 3.33. The van der Waals surface area contributed by atoms with E-state index in [1.165, 1.54) is 379 Å². The summed E-state index contributed by atoms with van der Waals surface area (Å²) in [5.41, 5.74) is 0. The van der Waals surface area contributed by atoms with E-state index < -0.39 is 12.1 Å². The van der Waals surface area contributed by atoms with Crippen LogP contribution in [0, 0.1) is 0 Å². The van der Waals surface area contributed by atoms with Gasteiger partial charge in [-0.2, -0.15) is 0 Å². The summed E-state index contributed by atoms with van der Waals surface area (Å²) in [6.07, 6.45) is 103. The summed E-state index contributed by atoms with van der Waals surface area (Å²) >= 11 is 0. The van der Waals surface area contributed by atoms with Crippen molar-refractivity contribution in [2.45, 2.75) is 469 Å². The largest absolute Gasteiger partial charge is 0.466 e. The zero-order valence-electron chi connectivity index (χ0n) is 60.4. The number of nitrogens with one attached hydrogen (secondary N) is 1. The number of amides is 1. The molecule has 6 heteroatoms. The second-order valence-electron chi connectivity index (χ2n) is 28.1. The molecule has 0 aliphatic rings. The molecule has 526 valence electrons. The smallest absolute Gasteiger partial charge is 0.305 e. The maximum absolute atomic E-state index is 12.5. The fourth-order valence-electron chi connectivity index (χ4n) is 13.0. The third-order valence-electron chi connectivity index (χ3n) is 19.2. The van der Waals surface area contributed by atoms with Gasteiger partial charge in [0.1, 0.15) is 0 Å². The van der Waals surface area contributed by atoms with Crippen LogP contribution in [0.2, 0.25) is 0 Å². The van der Waals surface area contributed by atoms with Gasteiger partial charge >= 0.3 is 5.97 Å². The molecule has 0 heterocycles. The van der Waals surface area contributed by atoms with Crippen molar-refractivity contribution in [3.05, 3.63) is 36.5 Å². The van der Waals surface area contributed by atoms with Gasteiger partial charge in [-0.25, -0.2) is 0 Å². The van der Waals surface area contributed by atoms with E-state index >= 15 is 0 Å². The predicted octanol–water partition coefficient (Wildman–Crippen LogP) is 27.0. The summed E-state index contributed by atoms with van der Waals surface area (Å²) < 4.78 is 5.49. The van der Waals surface area contributed by atoms with E-state index in [0.717, 1.165) is 51.4 Å². The lowest BCUT2D eigenvalue weighted by Crippen LogP contribution is -2.45. The second-order valence-corrected chi connectivity index (χ2v) is 28.1. The molecular weight excluding hydrogens is 1090 g/mol. The SMILES string of the molecule is CCCC/C=C\C/C=C\CCCCCCCC(=O)OCCCCCCCCCCCCCCCCCCCCCCCCCCCCCCCCCCCCCCCC(=O)NC(CO)C(O)/C=C/CCCCCCCCCCCCCCCCCCCCC. The van der Waals surface area contributed by atoms with Gasteiger partial charge in [0.15, 0.2) is 0 Å². The lowest BCUT2D eigenvalue weighted by molar-refractivity contribution is -0.143. The van der Waals surface area contributed by atoms with Crippen molar-refractivity contribution < 1.29 is 24.5 Å². The number of rotatable bonds is 77. The second kappa shape index (κ2) is 78.5. The van der Waals surface area contributed by atoms with Gasteiger partial charge in [0.05, 0.1) is 25.4 Å². The molecule has 0 saturated heterocycles. The summed E-state index contributed by atoms with van der Waals surface area (Å²) in [5, 5.41) is 23.3. The summed E-state index contributed by atoms with van der Waals surface area (Å²) in [6.45, 7) is 4.91. The molecule has 0 fully saturated rings. The number of aliphatic hydroxyl groups is 2. The number of ether oxygens (including phenoxy) is 1. The quantitative estimate of drug-likeness (QED) is 0.0320. The number of carbonyl (C=O) groups excluding carboxylic acids is 2. The van der Waals surface area contributed by atoms with Crippen LogP contribution in [0.15, 0.2) is 36.5 Å². The molecule has 0 aliphatic heterocycles. The van der Waals surface area contributed by atoms with E-state index in [-0.39, 0.29) is 18.5 Å². The normalized spacial score (nSPS) is 12.6. The van der Waals surface area contributed by atoms with E-state index in [1.54, 1.807) is 6.08 Å². The van der Waals surface area contributed by atoms with Gasteiger partial charge in [-0.05, 0) is 57.8 Å². The molecule has 0 aromatic carbocycles. The van der Waals surface area contributed by atoms with Crippen LogP contribution < -0.4 is 5.32 Å². The molecule has 0 spiro atoms. The number of aliphatic hydroxyl groups excluding tert-OH is 2. The fraction of sp³-hybridized carbons (Fsp3) is 0.904. The Hall–Kier alpha value is -1.92. The first-order chi connectivity index (χ1) is 44.0. The molecule has 0 bridgehead atoms. The number of unbranched alkanes of at least 4 members (excludes halogenated alkanes) is 62. The minimum atomic E-state index is -0.842. The molecule has 89 heavy (non-hydrogen) atoms. The Morgan fingerprint density at radius 1 is 0.315 bits per heavy atom. The van der Waals surface area contributed by atoms with E-state index in [9.17, 15) is 19.8 Å². The zero-order valence-corrected chi connectivity index (χ0v) is 60.4. The standard InChI is InChI=1S/C83H159NO5/c1-3-5-7-9-11-13-15-17-19-20-21-39-42-45-48-51-55-59-63-67-71-75-81(86)80(79-85)84-82(87)76-72-68-64-60-56-52-49-46-43-40-37-35-33-31-29-27-25-23-22-24-26-28-30-32-34-36-38-41-44-47-50-54-58-62-66-70-74-78-89-83(88)77-73-69-65-61-57-53-18-16-14-12-10-8-6-4-2/h10,12,16,18,71,75,80-81,85-86H,3-9,11,13-15,17,19-70,72-74,76-79H2,1-2H3,(H,84,87)/b12-10-,18-16-,75-71+. The summed E-state index contributed by atoms with van der Waals surface area (Å²) in [4.78, 5) is 24.6. The Kier molecular flexibility index (Phi) is 76.8. The van der Waals surface area contributed by atoms with Crippen LogP contribution in [0.1, 0.15) is 457 Å². The van der Waals surface area contributed by atoms with Crippen LogP contribution in [0.5, 0.6) is 0 Å². The first-order valence-corrected chi connectivity index (χ1v) is 40.8. The summed E-state index contributed by atoms with van der Waals surface area (Å²) in [7, 11) is 0. The van der Waals surface area contributed by atoms with Crippen LogP contribution in [-0.4, -0.2) is 47.4 Å². The number of allylic oxidation sites excluding steroid dienone is 5. The van der Waals surface area contributed by atoms with Gasteiger partial charge in [-0.1, -0.05) is 423 Å². The minimum absolute atomic E-state index is 0.00909. The number of hydrogen-bond acceptors (Lipinski definition) is 5. The highest BCUT2D eigenvalue weighted by Crippen LogP contribution is 2.20. The molecular formula is C83H159NO5. The Labute approximate surface area is 557 Å². The first kappa shape index (κ1) is 87.1. The maximum Gasteiger partial charge on any atom is 0.305 e. The summed E-state index contributed by atoms with van der Waals surface area (Å²) in [6, 6.07) is -0.624. The van der Waals surface area contributed by atoms with Gasteiger partial charge in [0.2, 0.25) is 5.91 Å². The lowest BCUT2D eigenvalue weighted by Gasteiger charge is -2.20. The van der Waals surface area contributed by atoms with Crippen LogP contribution in [0.4, 0.5) is 0 Å². The molecule has 0 aromatic rings. The maximum atomic E-state index is 12.5. The average molecular weight is 1250 g/mol. The van der Waals surface area contributed by atoms with Gasteiger partial charge < -0.3 is 20.3 Å². The van der Waals surface area contributed by atoms with Crippen LogP contribution in [-0.2, 0) is 14.3 Å². The van der Waals surface area contributed by atoms with Crippen molar-refractivity contribution in [2.75, 3.05) is 13.2 Å². The van der Waals surface area contributed by atoms with Crippen molar-refractivity contribution in [1.82, 2.24) is 5.32 Å². The Bertz CT molecular complexity index is 1440. The zero-order chi connectivity index (χ0) is 64.2. The highest BCUT2D eigenvalue weighted by atomic mass is 16.5. The van der Waals surface area contributed by atoms with Crippen molar-refractivity contribution >= 4 is 11.9 Å². The molecule has 0 saturated carbocycles. The fourth-order valence-corrected chi connectivity index (χ4v) is 13.0. The number of hydrogen-bond donors (Lipinski definition) is 3. The van der Waals surface area contributed by atoms with Gasteiger partial charge in [-0.3, -0.25) is 9.59 Å². The molecule has 2 atom stereocenters. The highest BCUT2D eigenvalue weighted by Gasteiger charge is 2.18. The first-order valence-electron chi connectivity index (χ1n) is 40.8. The van der Waals surface area contributed by atoms with Crippen LogP contribution in [0.3, 0.4) is 0 Å². The molecule has 0 aliphatic carbocycles. The molecule has 2 unspecified atom stereocenters. The van der Waals surface area contributed by atoms with Gasteiger partial charge in [-0.15, -0.1) is 0 Å². The third kappa shape index (κ3) is 75.0. The highest BCUT2D eigenvalue weighted by molar-refractivity contribution is 5.76. The predicted molar refractivity (Wildman–Crippen MR) is 393 cm³/mol. The van der Waals surface area contributed by atoms with Crippen molar-refractivity contribution in [1.29, 1.82) is 0 Å². The van der Waals surface area contributed by atoms with Crippen LogP contribution in [0.25, 0.3) is 0 Å². The van der Waals surface area contributed by atoms with Gasteiger partial charge in [0, 0.05) is 12.8 Å². The summed E-state index contributed by atoms with van der Waals surface area (Å²) in [5.74, 6) is -0.0485. The van der Waals surface area contributed by atoms with Gasteiger partial charge in [0.25, 0.3) is 0 Å². The third-order valence-corrected chi connectivity index (χ3v) is 19.2. The molecule has 0 aromatic heterocycles. The van der Waals surface area contributed by atoms with E-state index in [1.807, 2.05) is 6.08 Å².